The molecule has 1 aromatic heterocycles. The summed E-state index contributed by atoms with van der Waals surface area (Å²) in [5.41, 5.74) is 1.54. The molecule has 3 aromatic rings. The van der Waals surface area contributed by atoms with E-state index in [0.29, 0.717) is 11.1 Å². The minimum Gasteiger partial charge on any atom is -0.348 e. The van der Waals surface area contributed by atoms with Crippen molar-refractivity contribution in [2.45, 2.75) is 19.5 Å². The highest BCUT2D eigenvalue weighted by Crippen LogP contribution is 2.16. The first kappa shape index (κ1) is 16.9. The maximum Gasteiger partial charge on any atom is 0.329 e. The van der Waals surface area contributed by atoms with Gasteiger partial charge in [0.1, 0.15) is 6.54 Å². The van der Waals surface area contributed by atoms with Gasteiger partial charge >= 0.3 is 5.69 Å². The summed E-state index contributed by atoms with van der Waals surface area (Å²) in [6, 6.07) is 10.1. The van der Waals surface area contributed by atoms with Crippen molar-refractivity contribution in [2.75, 3.05) is 0 Å². The van der Waals surface area contributed by atoms with Gasteiger partial charge in [0.25, 0.3) is 0 Å². The lowest BCUT2D eigenvalue weighted by Gasteiger charge is -2.15. The number of fused-ring (bicyclic) bond motifs is 1. The molecule has 2 aromatic carbocycles. The van der Waals surface area contributed by atoms with Gasteiger partial charge in [0.05, 0.1) is 17.1 Å². The lowest BCUT2D eigenvalue weighted by Crippen LogP contribution is -2.34. The number of benzene rings is 2. The molecular weight excluding hydrogens is 328 g/mol. The molecule has 0 aliphatic carbocycles. The number of rotatable bonds is 4. The molecule has 1 amide bonds. The van der Waals surface area contributed by atoms with Crippen molar-refractivity contribution < 1.29 is 13.6 Å². The Kier molecular flexibility index (Phi) is 4.39. The molecule has 1 atom stereocenters. The molecule has 3 rings (SSSR count). The van der Waals surface area contributed by atoms with E-state index in [0.717, 1.165) is 17.6 Å². The molecule has 25 heavy (non-hydrogen) atoms. The number of nitrogens with one attached hydrogen (secondary N) is 1. The van der Waals surface area contributed by atoms with Crippen LogP contribution in [0, 0.1) is 11.6 Å². The highest BCUT2D eigenvalue weighted by molar-refractivity contribution is 5.81. The first-order valence-corrected chi connectivity index (χ1v) is 7.77. The van der Waals surface area contributed by atoms with Crippen LogP contribution >= 0.6 is 0 Å². The molecule has 1 heterocycles. The fourth-order valence-corrected chi connectivity index (χ4v) is 2.81. The van der Waals surface area contributed by atoms with Crippen LogP contribution in [0.3, 0.4) is 0 Å². The number of hydrogen-bond acceptors (Lipinski definition) is 2. The Bertz CT molecular complexity index is 1010. The summed E-state index contributed by atoms with van der Waals surface area (Å²) in [6.45, 7) is 1.50. The number of para-hydroxylation sites is 2. The third-order valence-corrected chi connectivity index (χ3v) is 4.17. The highest BCUT2D eigenvalue weighted by atomic mass is 19.2. The quantitative estimate of drug-likeness (QED) is 0.790. The number of carbonyl (C=O) groups is 1. The monoisotopic (exact) mass is 345 g/mol. The molecule has 0 saturated carbocycles. The summed E-state index contributed by atoms with van der Waals surface area (Å²) >= 11 is 0. The zero-order valence-electron chi connectivity index (χ0n) is 13.8. The van der Waals surface area contributed by atoms with Crippen LogP contribution in [-0.2, 0) is 18.4 Å². The molecule has 0 aliphatic heterocycles. The summed E-state index contributed by atoms with van der Waals surface area (Å²) in [7, 11) is 1.64. The van der Waals surface area contributed by atoms with Gasteiger partial charge in [-0.2, -0.15) is 0 Å². The predicted molar refractivity (Wildman–Crippen MR) is 90.1 cm³/mol. The summed E-state index contributed by atoms with van der Waals surface area (Å²) in [4.78, 5) is 24.6. The summed E-state index contributed by atoms with van der Waals surface area (Å²) in [5, 5.41) is 2.70. The molecular formula is C18H17F2N3O2. The van der Waals surface area contributed by atoms with Crippen molar-refractivity contribution in [3.05, 3.63) is 70.1 Å². The largest absolute Gasteiger partial charge is 0.348 e. The van der Waals surface area contributed by atoms with Crippen molar-refractivity contribution in [2.24, 2.45) is 7.05 Å². The molecule has 0 saturated heterocycles. The van der Waals surface area contributed by atoms with Gasteiger partial charge in [-0.05, 0) is 36.8 Å². The lowest BCUT2D eigenvalue weighted by atomic mass is 10.1. The number of carbonyl (C=O) groups excluding carboxylic acids is 1. The Labute approximate surface area is 142 Å². The Morgan fingerprint density at radius 2 is 1.80 bits per heavy atom. The first-order valence-electron chi connectivity index (χ1n) is 7.77. The minimum atomic E-state index is -0.969. The van der Waals surface area contributed by atoms with E-state index >= 15 is 0 Å². The SMILES string of the molecule is C[C@@H](NC(=O)Cn1c(=O)n(C)c2ccccc21)c1ccc(F)c(F)c1. The van der Waals surface area contributed by atoms with Gasteiger partial charge in [-0.3, -0.25) is 13.9 Å². The van der Waals surface area contributed by atoms with E-state index < -0.39 is 23.6 Å². The summed E-state index contributed by atoms with van der Waals surface area (Å²) in [5.74, 6) is -2.30. The summed E-state index contributed by atoms with van der Waals surface area (Å²) in [6.07, 6.45) is 0. The molecule has 7 heteroatoms. The van der Waals surface area contributed by atoms with E-state index in [-0.39, 0.29) is 12.2 Å². The molecule has 0 spiro atoms. The second kappa shape index (κ2) is 6.51. The first-order chi connectivity index (χ1) is 11.9. The van der Waals surface area contributed by atoms with Gasteiger partial charge in [0.15, 0.2) is 11.6 Å². The molecule has 0 bridgehead atoms. The fourth-order valence-electron chi connectivity index (χ4n) is 2.81. The average Bonchev–Trinajstić information content (AvgIpc) is 2.82. The van der Waals surface area contributed by atoms with Gasteiger partial charge < -0.3 is 5.32 Å². The third-order valence-electron chi connectivity index (χ3n) is 4.17. The highest BCUT2D eigenvalue weighted by Gasteiger charge is 2.16. The van der Waals surface area contributed by atoms with Gasteiger partial charge in [-0.25, -0.2) is 13.6 Å². The average molecular weight is 345 g/mol. The maximum atomic E-state index is 13.3. The standard InChI is InChI=1S/C18H17F2N3O2/c1-11(12-7-8-13(19)14(20)9-12)21-17(24)10-23-16-6-4-3-5-15(16)22(2)18(23)25/h3-9,11H,10H2,1-2H3,(H,21,24)/t11-/m1/s1. The van der Waals surface area contributed by atoms with E-state index in [1.807, 2.05) is 6.07 Å². The van der Waals surface area contributed by atoms with Crippen LogP contribution in [0.4, 0.5) is 8.78 Å². The second-order valence-electron chi connectivity index (χ2n) is 5.88. The predicted octanol–water partition coefficient (Wildman–Crippen LogP) is 2.50. The number of aromatic nitrogens is 2. The van der Waals surface area contributed by atoms with Crippen LogP contribution in [0.5, 0.6) is 0 Å². The molecule has 0 fully saturated rings. The van der Waals surface area contributed by atoms with Crippen LogP contribution in [0.15, 0.2) is 47.3 Å². The van der Waals surface area contributed by atoms with Crippen molar-refractivity contribution in [3.8, 4) is 0 Å². The fraction of sp³-hybridized carbons (Fsp3) is 0.222. The summed E-state index contributed by atoms with van der Waals surface area (Å²) < 4.78 is 29.2. The van der Waals surface area contributed by atoms with E-state index in [1.54, 1.807) is 32.2 Å². The van der Waals surface area contributed by atoms with E-state index in [9.17, 15) is 18.4 Å². The van der Waals surface area contributed by atoms with Gasteiger partial charge in [0.2, 0.25) is 5.91 Å². The number of halogens is 2. The zero-order chi connectivity index (χ0) is 18.1. The number of imidazole rings is 1. The maximum absolute atomic E-state index is 13.3. The van der Waals surface area contributed by atoms with Gasteiger partial charge in [0, 0.05) is 7.05 Å². The Hall–Kier alpha value is -2.96. The van der Waals surface area contributed by atoms with Crippen LogP contribution in [0.1, 0.15) is 18.5 Å². The molecule has 0 radical (unpaired) electrons. The second-order valence-corrected chi connectivity index (χ2v) is 5.88. The number of hydrogen-bond donors (Lipinski definition) is 1. The number of amides is 1. The van der Waals surface area contributed by atoms with E-state index in [4.69, 9.17) is 0 Å². The van der Waals surface area contributed by atoms with Crippen molar-refractivity contribution >= 4 is 16.9 Å². The van der Waals surface area contributed by atoms with Crippen molar-refractivity contribution in [1.82, 2.24) is 14.5 Å². The number of nitrogens with zero attached hydrogens (tertiary/aromatic N) is 2. The Morgan fingerprint density at radius 3 is 2.48 bits per heavy atom. The molecule has 5 nitrogen and oxygen atoms in total. The molecule has 0 unspecified atom stereocenters. The third kappa shape index (κ3) is 3.17. The number of aryl methyl sites for hydroxylation is 1. The minimum absolute atomic E-state index is 0.159. The van der Waals surface area contributed by atoms with E-state index in [2.05, 4.69) is 5.32 Å². The van der Waals surface area contributed by atoms with Crippen LogP contribution in [-0.4, -0.2) is 15.0 Å². The van der Waals surface area contributed by atoms with Crippen molar-refractivity contribution in [1.29, 1.82) is 0 Å². The molecule has 0 aliphatic rings. The Morgan fingerprint density at radius 1 is 1.12 bits per heavy atom. The smallest absolute Gasteiger partial charge is 0.329 e. The van der Waals surface area contributed by atoms with Crippen LogP contribution in [0.2, 0.25) is 0 Å². The lowest BCUT2D eigenvalue weighted by molar-refractivity contribution is -0.122. The normalized spacial score (nSPS) is 12.3. The molecule has 130 valence electrons. The topological polar surface area (TPSA) is 56.0 Å². The van der Waals surface area contributed by atoms with Crippen LogP contribution < -0.4 is 11.0 Å². The zero-order valence-corrected chi connectivity index (χ0v) is 13.8. The van der Waals surface area contributed by atoms with E-state index in [1.165, 1.54) is 15.2 Å². The van der Waals surface area contributed by atoms with Crippen molar-refractivity contribution in [3.63, 3.8) is 0 Å². The molecule has 1 N–H and O–H groups in total. The van der Waals surface area contributed by atoms with Gasteiger partial charge in [-0.15, -0.1) is 0 Å². The van der Waals surface area contributed by atoms with Crippen LogP contribution in [0.25, 0.3) is 11.0 Å². The van der Waals surface area contributed by atoms with Gasteiger partial charge in [-0.1, -0.05) is 18.2 Å². The Balaban J connectivity index is 1.80.